The van der Waals surface area contributed by atoms with Crippen LogP contribution in [0.1, 0.15) is 16.7 Å². The lowest BCUT2D eigenvalue weighted by Gasteiger charge is -2.09. The van der Waals surface area contributed by atoms with Gasteiger partial charge in [-0.15, -0.1) is 0 Å². The molecule has 0 fully saturated rings. The molecule has 0 atom stereocenters. The second kappa shape index (κ2) is 5.66. The van der Waals surface area contributed by atoms with E-state index in [0.29, 0.717) is 11.3 Å². The molecule has 102 valence electrons. The molecule has 2 aromatic carbocycles. The van der Waals surface area contributed by atoms with E-state index in [1.54, 1.807) is 25.1 Å². The first-order valence-electron chi connectivity index (χ1n) is 5.89. The number of nitrogens with one attached hydrogen (secondary N) is 1. The quantitative estimate of drug-likeness (QED) is 0.923. The van der Waals surface area contributed by atoms with Gasteiger partial charge in [-0.1, -0.05) is 6.07 Å². The van der Waals surface area contributed by atoms with Crippen molar-refractivity contribution in [1.29, 1.82) is 5.26 Å². The Kier molecular flexibility index (Phi) is 3.94. The minimum Gasteiger partial charge on any atom is -0.381 e. The predicted molar refractivity (Wildman–Crippen MR) is 69.5 cm³/mol. The molecule has 1 N–H and O–H groups in total. The van der Waals surface area contributed by atoms with Gasteiger partial charge in [0.1, 0.15) is 17.5 Å². The third kappa shape index (κ3) is 2.91. The summed E-state index contributed by atoms with van der Waals surface area (Å²) in [5, 5.41) is 11.3. The molecule has 0 spiro atoms. The summed E-state index contributed by atoms with van der Waals surface area (Å²) < 4.78 is 40.6. The molecular formula is C15H11F3N2. The van der Waals surface area contributed by atoms with Crippen LogP contribution in [0.25, 0.3) is 0 Å². The van der Waals surface area contributed by atoms with Crippen molar-refractivity contribution < 1.29 is 13.2 Å². The van der Waals surface area contributed by atoms with Gasteiger partial charge in [-0.2, -0.15) is 5.26 Å². The average Bonchev–Trinajstić information content (AvgIpc) is 2.41. The lowest BCUT2D eigenvalue weighted by molar-refractivity contribution is 0.559. The maximum absolute atomic E-state index is 13.6. The van der Waals surface area contributed by atoms with Crippen LogP contribution in [0.5, 0.6) is 0 Å². The van der Waals surface area contributed by atoms with E-state index < -0.39 is 17.5 Å². The predicted octanol–water partition coefficient (Wildman–Crippen LogP) is 3.90. The van der Waals surface area contributed by atoms with Gasteiger partial charge >= 0.3 is 0 Å². The highest BCUT2D eigenvalue weighted by atomic mass is 19.1. The molecule has 20 heavy (non-hydrogen) atoms. The molecule has 0 saturated heterocycles. The summed E-state index contributed by atoms with van der Waals surface area (Å²) in [6, 6.07) is 8.06. The normalized spacial score (nSPS) is 10.2. The first kappa shape index (κ1) is 13.9. The van der Waals surface area contributed by atoms with E-state index in [1.807, 2.05) is 0 Å². The van der Waals surface area contributed by atoms with Crippen LogP contribution in [0.3, 0.4) is 0 Å². The number of nitriles is 1. The number of hydrogen-bond donors (Lipinski definition) is 1. The van der Waals surface area contributed by atoms with Crippen LogP contribution in [-0.4, -0.2) is 0 Å². The summed E-state index contributed by atoms with van der Waals surface area (Å²) in [7, 11) is 0. The third-order valence-corrected chi connectivity index (χ3v) is 2.91. The lowest BCUT2D eigenvalue weighted by atomic mass is 10.1. The molecule has 0 heterocycles. The Hall–Kier alpha value is -2.48. The van der Waals surface area contributed by atoms with Gasteiger partial charge < -0.3 is 5.32 Å². The van der Waals surface area contributed by atoms with E-state index in [1.165, 1.54) is 6.07 Å². The Labute approximate surface area is 114 Å². The molecule has 5 heteroatoms. The van der Waals surface area contributed by atoms with E-state index in [-0.39, 0.29) is 17.7 Å². The minimum atomic E-state index is -0.804. The highest BCUT2D eigenvalue weighted by Gasteiger charge is 2.11. The molecule has 2 nitrogen and oxygen atoms in total. The van der Waals surface area contributed by atoms with Gasteiger partial charge in [-0.3, -0.25) is 0 Å². The molecule has 2 rings (SSSR count). The van der Waals surface area contributed by atoms with Gasteiger partial charge in [0.25, 0.3) is 0 Å². The monoisotopic (exact) mass is 276 g/mol. The van der Waals surface area contributed by atoms with E-state index >= 15 is 0 Å². The van der Waals surface area contributed by atoms with Crippen LogP contribution in [-0.2, 0) is 6.54 Å². The second-order valence-electron chi connectivity index (χ2n) is 4.35. The smallest absolute Gasteiger partial charge is 0.132 e. The SMILES string of the molecule is Cc1ccc(NCc2c(F)cc(C#N)cc2F)cc1F. The molecule has 2 aromatic rings. The molecule has 0 bridgehead atoms. The van der Waals surface area contributed by atoms with Crippen LogP contribution in [0, 0.1) is 35.7 Å². The summed E-state index contributed by atoms with van der Waals surface area (Å²) in [5.41, 5.74) is 0.651. The van der Waals surface area contributed by atoms with E-state index in [4.69, 9.17) is 5.26 Å². The van der Waals surface area contributed by atoms with Crippen molar-refractivity contribution in [3.8, 4) is 6.07 Å². The van der Waals surface area contributed by atoms with Crippen LogP contribution >= 0.6 is 0 Å². The fraction of sp³-hybridized carbons (Fsp3) is 0.133. The van der Waals surface area contributed by atoms with Crippen LogP contribution in [0.15, 0.2) is 30.3 Å². The van der Waals surface area contributed by atoms with Crippen LogP contribution in [0.4, 0.5) is 18.9 Å². The molecule has 0 aliphatic rings. The fourth-order valence-corrected chi connectivity index (χ4v) is 1.73. The van der Waals surface area contributed by atoms with Gasteiger partial charge in [0.05, 0.1) is 11.6 Å². The van der Waals surface area contributed by atoms with E-state index in [2.05, 4.69) is 5.32 Å². The Morgan fingerprint density at radius 3 is 2.25 bits per heavy atom. The number of aryl methyl sites for hydroxylation is 1. The topological polar surface area (TPSA) is 35.8 Å². The number of hydrogen-bond acceptors (Lipinski definition) is 2. The summed E-state index contributed by atoms with van der Waals surface area (Å²) in [6.07, 6.45) is 0. The van der Waals surface area contributed by atoms with Gasteiger partial charge in [-0.25, -0.2) is 13.2 Å². The standard InChI is InChI=1S/C15H11F3N2/c1-9-2-3-11(6-13(9)16)20-8-12-14(17)4-10(7-19)5-15(12)18/h2-6,20H,8H2,1H3. The average molecular weight is 276 g/mol. The summed E-state index contributed by atoms with van der Waals surface area (Å²) in [5.74, 6) is -2.00. The number of nitrogens with zero attached hydrogens (tertiary/aromatic N) is 1. The van der Waals surface area contributed by atoms with Gasteiger partial charge in [-0.05, 0) is 36.8 Å². The largest absolute Gasteiger partial charge is 0.381 e. The van der Waals surface area contributed by atoms with Crippen molar-refractivity contribution in [2.45, 2.75) is 13.5 Å². The van der Waals surface area contributed by atoms with Crippen molar-refractivity contribution in [3.05, 3.63) is 64.5 Å². The zero-order valence-corrected chi connectivity index (χ0v) is 10.7. The van der Waals surface area contributed by atoms with Gasteiger partial charge in [0, 0.05) is 17.8 Å². The number of halogens is 3. The highest BCUT2D eigenvalue weighted by molar-refractivity contribution is 5.46. The molecule has 0 saturated carbocycles. The van der Waals surface area contributed by atoms with Crippen molar-refractivity contribution in [2.75, 3.05) is 5.32 Å². The van der Waals surface area contributed by atoms with Crippen LogP contribution in [0.2, 0.25) is 0 Å². The maximum Gasteiger partial charge on any atom is 0.132 e. The molecule has 0 aliphatic carbocycles. The minimum absolute atomic E-state index is 0.0786. The molecule has 0 aliphatic heterocycles. The zero-order chi connectivity index (χ0) is 14.7. The fourth-order valence-electron chi connectivity index (χ4n) is 1.73. The van der Waals surface area contributed by atoms with Crippen molar-refractivity contribution in [3.63, 3.8) is 0 Å². The zero-order valence-electron chi connectivity index (χ0n) is 10.7. The highest BCUT2D eigenvalue weighted by Crippen LogP contribution is 2.18. The van der Waals surface area contributed by atoms with Crippen LogP contribution < -0.4 is 5.32 Å². The van der Waals surface area contributed by atoms with E-state index in [0.717, 1.165) is 12.1 Å². The van der Waals surface area contributed by atoms with Crippen molar-refractivity contribution in [2.24, 2.45) is 0 Å². The lowest BCUT2D eigenvalue weighted by Crippen LogP contribution is -2.05. The van der Waals surface area contributed by atoms with Crippen molar-refractivity contribution in [1.82, 2.24) is 0 Å². The molecule has 0 aromatic heterocycles. The second-order valence-corrected chi connectivity index (χ2v) is 4.35. The van der Waals surface area contributed by atoms with E-state index in [9.17, 15) is 13.2 Å². The molecule has 0 unspecified atom stereocenters. The molecule has 0 amide bonds. The Balaban J connectivity index is 2.19. The number of rotatable bonds is 3. The molecule has 0 radical (unpaired) electrons. The maximum atomic E-state index is 13.6. The van der Waals surface area contributed by atoms with Gasteiger partial charge in [0.15, 0.2) is 0 Å². The Bertz CT molecular complexity index is 667. The number of anilines is 1. The Morgan fingerprint density at radius 2 is 1.70 bits per heavy atom. The Morgan fingerprint density at radius 1 is 1.05 bits per heavy atom. The molecular weight excluding hydrogens is 265 g/mol. The first-order chi connectivity index (χ1) is 9.51. The summed E-state index contributed by atoms with van der Waals surface area (Å²) >= 11 is 0. The first-order valence-corrected chi connectivity index (χ1v) is 5.89. The van der Waals surface area contributed by atoms with Gasteiger partial charge in [0.2, 0.25) is 0 Å². The summed E-state index contributed by atoms with van der Waals surface area (Å²) in [6.45, 7) is 1.49. The van der Waals surface area contributed by atoms with Crippen molar-refractivity contribution >= 4 is 5.69 Å². The number of benzene rings is 2. The summed E-state index contributed by atoms with van der Waals surface area (Å²) in [4.78, 5) is 0. The third-order valence-electron chi connectivity index (χ3n) is 2.91.